The highest BCUT2D eigenvalue weighted by Crippen LogP contribution is 2.28. The van der Waals surface area contributed by atoms with Crippen molar-refractivity contribution in [2.45, 2.75) is 39.2 Å². The lowest BCUT2D eigenvalue weighted by atomic mass is 9.99. The Hall–Kier alpha value is -1.55. The first-order chi connectivity index (χ1) is 9.65. The molecule has 20 heavy (non-hydrogen) atoms. The molecule has 0 fully saturated rings. The van der Waals surface area contributed by atoms with Crippen LogP contribution in [-0.2, 0) is 6.42 Å². The fraction of sp³-hybridized carbons (Fsp3) is 0.562. The number of primary amides is 1. The summed E-state index contributed by atoms with van der Waals surface area (Å²) in [6.07, 6.45) is 3.29. The average molecular weight is 276 g/mol. The Labute approximate surface area is 120 Å². The van der Waals surface area contributed by atoms with Crippen LogP contribution in [-0.4, -0.2) is 36.5 Å². The molecular weight excluding hydrogens is 252 g/mol. The lowest BCUT2D eigenvalue weighted by molar-refractivity contribution is 0.0997. The molecule has 1 aromatic rings. The zero-order valence-electron chi connectivity index (χ0n) is 12.4. The standard InChI is InChI=1S/C16H24N2O2/c1-3-7-18(8-4-2)14-9-12-5-6-13(16(17)19)10-15(12)20-11-14/h5-6,10,14H,3-4,7-9,11H2,1-2H3,(H2,17,19)/t14-/m0/s1. The Bertz CT molecular complexity index is 468. The minimum Gasteiger partial charge on any atom is -0.492 e. The number of ether oxygens (including phenoxy) is 1. The molecule has 0 aliphatic carbocycles. The summed E-state index contributed by atoms with van der Waals surface area (Å²) in [5.74, 6) is 0.405. The maximum atomic E-state index is 11.2. The van der Waals surface area contributed by atoms with Crippen molar-refractivity contribution in [1.82, 2.24) is 4.90 Å². The first kappa shape index (κ1) is 14.9. The van der Waals surface area contributed by atoms with E-state index in [1.165, 1.54) is 5.56 Å². The van der Waals surface area contributed by atoms with Gasteiger partial charge in [0, 0.05) is 11.6 Å². The van der Waals surface area contributed by atoms with Crippen LogP contribution in [0.2, 0.25) is 0 Å². The van der Waals surface area contributed by atoms with E-state index >= 15 is 0 Å². The predicted octanol–water partition coefficient (Wildman–Crippen LogP) is 2.21. The number of nitrogens with zero attached hydrogens (tertiary/aromatic N) is 1. The lowest BCUT2D eigenvalue weighted by Gasteiger charge is -2.35. The molecule has 0 aromatic heterocycles. The predicted molar refractivity (Wildman–Crippen MR) is 80.1 cm³/mol. The van der Waals surface area contributed by atoms with E-state index in [2.05, 4.69) is 18.7 Å². The van der Waals surface area contributed by atoms with E-state index in [4.69, 9.17) is 10.5 Å². The van der Waals surface area contributed by atoms with Gasteiger partial charge >= 0.3 is 0 Å². The fourth-order valence-electron chi connectivity index (χ4n) is 2.80. The van der Waals surface area contributed by atoms with Crippen molar-refractivity contribution in [2.75, 3.05) is 19.7 Å². The Morgan fingerprint density at radius 3 is 2.65 bits per heavy atom. The smallest absolute Gasteiger partial charge is 0.248 e. The van der Waals surface area contributed by atoms with Crippen molar-refractivity contribution in [3.05, 3.63) is 29.3 Å². The molecular formula is C16H24N2O2. The van der Waals surface area contributed by atoms with E-state index in [1.807, 2.05) is 6.07 Å². The highest BCUT2D eigenvalue weighted by molar-refractivity contribution is 5.93. The molecule has 1 aliphatic rings. The molecule has 1 heterocycles. The molecule has 4 heteroatoms. The van der Waals surface area contributed by atoms with Crippen molar-refractivity contribution in [3.63, 3.8) is 0 Å². The van der Waals surface area contributed by atoms with Crippen molar-refractivity contribution >= 4 is 5.91 Å². The zero-order chi connectivity index (χ0) is 14.5. The van der Waals surface area contributed by atoms with Crippen molar-refractivity contribution < 1.29 is 9.53 Å². The first-order valence-electron chi connectivity index (χ1n) is 7.45. The molecule has 0 saturated carbocycles. The van der Waals surface area contributed by atoms with E-state index in [9.17, 15) is 4.79 Å². The van der Waals surface area contributed by atoms with Gasteiger partial charge in [-0.3, -0.25) is 9.69 Å². The van der Waals surface area contributed by atoms with Crippen LogP contribution in [0, 0.1) is 0 Å². The highest BCUT2D eigenvalue weighted by atomic mass is 16.5. The highest BCUT2D eigenvalue weighted by Gasteiger charge is 2.25. The van der Waals surface area contributed by atoms with Gasteiger partial charge in [-0.25, -0.2) is 0 Å². The summed E-state index contributed by atoms with van der Waals surface area (Å²) in [4.78, 5) is 13.7. The fourth-order valence-corrected chi connectivity index (χ4v) is 2.80. The molecule has 1 atom stereocenters. The molecule has 1 amide bonds. The summed E-state index contributed by atoms with van der Waals surface area (Å²) < 4.78 is 5.85. The first-order valence-corrected chi connectivity index (χ1v) is 7.45. The largest absolute Gasteiger partial charge is 0.492 e. The third-order valence-electron chi connectivity index (χ3n) is 3.78. The van der Waals surface area contributed by atoms with Gasteiger partial charge in [0.1, 0.15) is 12.4 Å². The maximum Gasteiger partial charge on any atom is 0.248 e. The molecule has 110 valence electrons. The summed E-state index contributed by atoms with van der Waals surface area (Å²) in [5, 5.41) is 0. The van der Waals surface area contributed by atoms with E-state index in [0.29, 0.717) is 18.2 Å². The van der Waals surface area contributed by atoms with Crippen LogP contribution in [0.4, 0.5) is 0 Å². The summed E-state index contributed by atoms with van der Waals surface area (Å²) in [5.41, 5.74) is 6.98. The second kappa shape index (κ2) is 6.75. The number of fused-ring (bicyclic) bond motifs is 1. The Morgan fingerprint density at radius 1 is 1.35 bits per heavy atom. The number of carbonyl (C=O) groups excluding carboxylic acids is 1. The molecule has 0 spiro atoms. The van der Waals surface area contributed by atoms with Crippen molar-refractivity contribution in [2.24, 2.45) is 5.73 Å². The molecule has 0 bridgehead atoms. The summed E-state index contributed by atoms with van der Waals surface area (Å²) in [6.45, 7) is 7.32. The van der Waals surface area contributed by atoms with Crippen LogP contribution in [0.5, 0.6) is 5.75 Å². The number of amides is 1. The quantitative estimate of drug-likeness (QED) is 0.866. The van der Waals surface area contributed by atoms with Crippen LogP contribution in [0.15, 0.2) is 18.2 Å². The third kappa shape index (κ3) is 3.31. The second-order valence-electron chi connectivity index (χ2n) is 5.39. The SMILES string of the molecule is CCCN(CCC)[C@@H]1COc2cc(C(N)=O)ccc2C1. The number of nitrogens with two attached hydrogens (primary N) is 1. The van der Waals surface area contributed by atoms with Gasteiger partial charge in [-0.15, -0.1) is 0 Å². The minimum atomic E-state index is -0.405. The third-order valence-corrected chi connectivity index (χ3v) is 3.78. The van der Waals surface area contributed by atoms with Gasteiger partial charge in [0.05, 0.1) is 0 Å². The van der Waals surface area contributed by atoms with Crippen molar-refractivity contribution in [1.29, 1.82) is 0 Å². The van der Waals surface area contributed by atoms with E-state index in [-0.39, 0.29) is 0 Å². The maximum absolute atomic E-state index is 11.2. The molecule has 0 radical (unpaired) electrons. The Balaban J connectivity index is 2.12. The number of benzene rings is 1. The minimum absolute atomic E-state index is 0.405. The zero-order valence-corrected chi connectivity index (χ0v) is 12.4. The topological polar surface area (TPSA) is 55.6 Å². The number of rotatable bonds is 6. The Morgan fingerprint density at radius 2 is 2.05 bits per heavy atom. The van der Waals surface area contributed by atoms with Gasteiger partial charge in [0.15, 0.2) is 0 Å². The van der Waals surface area contributed by atoms with Gasteiger partial charge < -0.3 is 10.5 Å². The van der Waals surface area contributed by atoms with E-state index in [0.717, 1.165) is 38.1 Å². The molecule has 2 N–H and O–H groups in total. The van der Waals surface area contributed by atoms with Gasteiger partial charge in [-0.05, 0) is 50.0 Å². The molecule has 1 aliphatic heterocycles. The normalized spacial score (nSPS) is 17.6. The lowest BCUT2D eigenvalue weighted by Crippen LogP contribution is -2.44. The van der Waals surface area contributed by atoms with Gasteiger partial charge in [-0.1, -0.05) is 19.9 Å². The summed E-state index contributed by atoms with van der Waals surface area (Å²) in [6, 6.07) is 5.95. The van der Waals surface area contributed by atoms with Crippen LogP contribution >= 0.6 is 0 Å². The monoisotopic (exact) mass is 276 g/mol. The number of hydrogen-bond donors (Lipinski definition) is 1. The molecule has 1 aromatic carbocycles. The van der Waals surface area contributed by atoms with E-state index in [1.54, 1.807) is 12.1 Å². The molecule has 4 nitrogen and oxygen atoms in total. The van der Waals surface area contributed by atoms with Crippen molar-refractivity contribution in [3.8, 4) is 5.75 Å². The second-order valence-corrected chi connectivity index (χ2v) is 5.39. The van der Waals surface area contributed by atoms with Crippen LogP contribution in [0.25, 0.3) is 0 Å². The van der Waals surface area contributed by atoms with E-state index < -0.39 is 5.91 Å². The van der Waals surface area contributed by atoms with Gasteiger partial charge in [0.25, 0.3) is 0 Å². The molecule has 0 unspecified atom stereocenters. The van der Waals surface area contributed by atoms with Crippen LogP contribution < -0.4 is 10.5 Å². The Kier molecular flexibility index (Phi) is 5.01. The molecule has 0 saturated heterocycles. The number of carbonyl (C=O) groups is 1. The summed E-state index contributed by atoms with van der Waals surface area (Å²) >= 11 is 0. The van der Waals surface area contributed by atoms with Crippen LogP contribution in [0.1, 0.15) is 42.6 Å². The van der Waals surface area contributed by atoms with Gasteiger partial charge in [-0.2, -0.15) is 0 Å². The van der Waals surface area contributed by atoms with Crippen LogP contribution in [0.3, 0.4) is 0 Å². The average Bonchev–Trinajstić information content (AvgIpc) is 2.46. The summed E-state index contributed by atoms with van der Waals surface area (Å²) in [7, 11) is 0. The molecule has 2 rings (SSSR count). The van der Waals surface area contributed by atoms with Gasteiger partial charge in [0.2, 0.25) is 5.91 Å². The number of hydrogen-bond acceptors (Lipinski definition) is 3.